The van der Waals surface area contributed by atoms with Crippen LogP contribution in [0.4, 0.5) is 0 Å². The lowest BCUT2D eigenvalue weighted by Crippen LogP contribution is -2.58. The Morgan fingerprint density at radius 1 is 1.07 bits per heavy atom. The number of hydrogen-bond donors (Lipinski definition) is 2. The number of fused-ring (bicyclic) bond motifs is 2. The van der Waals surface area contributed by atoms with Crippen molar-refractivity contribution < 1.29 is 19.3 Å². The molecule has 2 N–H and O–H groups in total. The summed E-state index contributed by atoms with van der Waals surface area (Å²) in [5, 5.41) is 16.2. The van der Waals surface area contributed by atoms with Gasteiger partial charge in [0.05, 0.1) is 36.6 Å². The second-order valence-corrected chi connectivity index (χ2v) is 15.9. The third-order valence-corrected chi connectivity index (χ3v) is 12.5. The summed E-state index contributed by atoms with van der Waals surface area (Å²) in [4.78, 5) is 2.62. The predicted molar refractivity (Wildman–Crippen MR) is 167 cm³/mol. The van der Waals surface area contributed by atoms with Crippen molar-refractivity contribution >= 4 is 11.6 Å². The molecule has 0 aromatic carbocycles. The zero-order valence-corrected chi connectivity index (χ0v) is 27.6. The molecule has 2 aliphatic carbocycles. The quantitative estimate of drug-likeness (QED) is 0.294. The Bertz CT molecular complexity index is 834. The highest BCUT2D eigenvalue weighted by Crippen LogP contribution is 2.49. The van der Waals surface area contributed by atoms with Crippen molar-refractivity contribution in [1.29, 1.82) is 0 Å². The fraction of sp³-hybridized carbons (Fsp3) is 1.00. The highest BCUT2D eigenvalue weighted by atomic mass is 35.5. The van der Waals surface area contributed by atoms with E-state index in [1.165, 1.54) is 25.7 Å². The number of ether oxygens (including phenoxy) is 3. The van der Waals surface area contributed by atoms with Crippen molar-refractivity contribution in [3.05, 3.63) is 0 Å². The number of hydrogen-bond acceptors (Lipinski definition) is 6. The first-order valence-electron chi connectivity index (χ1n) is 17.3. The summed E-state index contributed by atoms with van der Waals surface area (Å²) in [6.07, 6.45) is 14.0. The van der Waals surface area contributed by atoms with Gasteiger partial charge in [-0.05, 0) is 148 Å². The van der Waals surface area contributed by atoms with Gasteiger partial charge < -0.3 is 24.6 Å². The summed E-state index contributed by atoms with van der Waals surface area (Å²) in [5.41, 5.74) is -1.06. The van der Waals surface area contributed by atoms with Gasteiger partial charge in [0.1, 0.15) is 0 Å². The lowest BCUT2D eigenvalue weighted by Gasteiger charge is -2.48. The molecule has 3 aliphatic heterocycles. The van der Waals surface area contributed by atoms with Gasteiger partial charge in [0.25, 0.3) is 0 Å². The van der Waals surface area contributed by atoms with Gasteiger partial charge in [0, 0.05) is 30.1 Å². The Hall–Kier alpha value is 0.0500. The molecular weight excluding hydrogens is 536 g/mol. The SMILES string of the molecule is CCOCC(C)(C)O[C@H]1CCC2OC[C@H]3NCCCC3C(CCCN3CCC(O)([C@H]4CC[C@@H](Cl)CC4)C3(C)C)[C@H]2C1. The summed E-state index contributed by atoms with van der Waals surface area (Å²) in [6, 6.07) is 0.485. The number of nitrogens with zero attached hydrogens (tertiary/aromatic N) is 1. The van der Waals surface area contributed by atoms with Crippen molar-refractivity contribution in [3.63, 3.8) is 0 Å². The number of alkyl halides is 1. The number of nitrogens with one attached hydrogen (secondary N) is 1. The molecule has 0 bridgehead atoms. The van der Waals surface area contributed by atoms with Crippen molar-refractivity contribution in [2.45, 2.75) is 152 Å². The Labute approximate surface area is 256 Å². The van der Waals surface area contributed by atoms with E-state index >= 15 is 0 Å². The molecule has 2 saturated carbocycles. The molecule has 238 valence electrons. The van der Waals surface area contributed by atoms with Crippen molar-refractivity contribution in [3.8, 4) is 0 Å². The summed E-state index contributed by atoms with van der Waals surface area (Å²) in [7, 11) is 0. The first-order valence-corrected chi connectivity index (χ1v) is 17.7. The van der Waals surface area contributed by atoms with Crippen LogP contribution in [-0.4, -0.2) is 89.8 Å². The summed E-state index contributed by atoms with van der Waals surface area (Å²) < 4.78 is 19.1. The van der Waals surface area contributed by atoms with Crippen molar-refractivity contribution in [1.82, 2.24) is 10.2 Å². The van der Waals surface area contributed by atoms with Crippen LogP contribution < -0.4 is 5.32 Å². The molecule has 5 aliphatic rings. The second-order valence-electron chi connectivity index (χ2n) is 15.3. The van der Waals surface area contributed by atoms with Crippen LogP contribution in [0.2, 0.25) is 0 Å². The molecule has 0 aromatic rings. The molecule has 4 unspecified atom stereocenters. The van der Waals surface area contributed by atoms with Crippen LogP contribution in [0.25, 0.3) is 0 Å². The summed E-state index contributed by atoms with van der Waals surface area (Å²) in [5.74, 6) is 2.27. The predicted octanol–water partition coefficient (Wildman–Crippen LogP) is 6.16. The average molecular weight is 597 g/mol. The Morgan fingerprint density at radius 3 is 2.61 bits per heavy atom. The molecule has 0 aromatic heterocycles. The van der Waals surface area contributed by atoms with Gasteiger partial charge in [-0.3, -0.25) is 4.90 Å². The van der Waals surface area contributed by atoms with Crippen LogP contribution in [0.3, 0.4) is 0 Å². The largest absolute Gasteiger partial charge is 0.388 e. The van der Waals surface area contributed by atoms with E-state index in [1.54, 1.807) is 0 Å². The fourth-order valence-electron chi connectivity index (χ4n) is 9.69. The molecular formula is C34H61ClN2O4. The first-order chi connectivity index (χ1) is 19.5. The Morgan fingerprint density at radius 2 is 1.85 bits per heavy atom. The number of rotatable bonds is 10. The molecule has 6 nitrogen and oxygen atoms in total. The van der Waals surface area contributed by atoms with Crippen molar-refractivity contribution in [2.24, 2.45) is 23.7 Å². The molecule has 0 spiro atoms. The van der Waals surface area contributed by atoms with Gasteiger partial charge in [-0.2, -0.15) is 0 Å². The van der Waals surface area contributed by atoms with Crippen molar-refractivity contribution in [2.75, 3.05) is 39.5 Å². The number of halogens is 1. The maximum Gasteiger partial charge on any atom is 0.0865 e. The fourth-order valence-corrected chi connectivity index (χ4v) is 9.94. The van der Waals surface area contributed by atoms with E-state index in [4.69, 9.17) is 25.8 Å². The van der Waals surface area contributed by atoms with Crippen LogP contribution in [0.15, 0.2) is 0 Å². The van der Waals surface area contributed by atoms with Crippen LogP contribution in [0.5, 0.6) is 0 Å². The standard InChI is InChI=1S/C34H61ClN2O4/c1-6-39-23-32(2,3)41-26-15-16-31-29(21-26)27(28-9-7-18-36-30(28)22-40-31)10-8-19-37-20-17-34(38,33(37,4)5)24-11-13-25(35)14-12-24/h24-31,36,38H,6-23H2,1-5H3/t24-,25+,26-,27?,28?,29+,30+,31?,34?/m0/s1. The highest BCUT2D eigenvalue weighted by Gasteiger charge is 2.56. The maximum absolute atomic E-state index is 12.0. The number of likely N-dealkylation sites (tertiary alicyclic amines) is 1. The monoisotopic (exact) mass is 596 g/mol. The molecule has 7 heteroatoms. The zero-order chi connectivity index (χ0) is 29.3. The smallest absolute Gasteiger partial charge is 0.0865 e. The Kier molecular flexibility index (Phi) is 10.7. The van der Waals surface area contributed by atoms with E-state index in [1.807, 2.05) is 0 Å². The van der Waals surface area contributed by atoms with Crippen LogP contribution in [-0.2, 0) is 14.2 Å². The molecule has 5 fully saturated rings. The maximum atomic E-state index is 12.0. The summed E-state index contributed by atoms with van der Waals surface area (Å²) in [6.45, 7) is 16.4. The number of aliphatic hydroxyl groups is 1. The van der Waals surface area contributed by atoms with Gasteiger partial charge >= 0.3 is 0 Å². The topological polar surface area (TPSA) is 63.2 Å². The van der Waals surface area contributed by atoms with Gasteiger partial charge in [0.2, 0.25) is 0 Å². The van der Waals surface area contributed by atoms with Gasteiger partial charge in [0.15, 0.2) is 0 Å². The van der Waals surface area contributed by atoms with Gasteiger partial charge in [-0.15, -0.1) is 11.6 Å². The van der Waals surface area contributed by atoms with Gasteiger partial charge in [-0.1, -0.05) is 0 Å². The van der Waals surface area contributed by atoms with E-state index < -0.39 is 5.60 Å². The van der Waals surface area contributed by atoms with E-state index in [-0.39, 0.29) is 17.2 Å². The average Bonchev–Trinajstić information content (AvgIpc) is 3.08. The number of piperidine rings is 1. The highest BCUT2D eigenvalue weighted by molar-refractivity contribution is 6.20. The Balaban J connectivity index is 1.24. The minimum atomic E-state index is -0.605. The van der Waals surface area contributed by atoms with Crippen LogP contribution >= 0.6 is 11.6 Å². The minimum Gasteiger partial charge on any atom is -0.388 e. The molecule has 7 atom stereocenters. The third kappa shape index (κ3) is 7.15. The van der Waals surface area contributed by atoms with Crippen LogP contribution in [0.1, 0.15) is 112 Å². The first kappa shape index (κ1) is 32.4. The minimum absolute atomic E-state index is 0.198. The molecule has 0 radical (unpaired) electrons. The van der Waals surface area contributed by atoms with E-state index in [2.05, 4.69) is 44.8 Å². The molecule has 41 heavy (non-hydrogen) atoms. The third-order valence-electron chi connectivity index (χ3n) is 12.1. The van der Waals surface area contributed by atoms with E-state index in [9.17, 15) is 5.11 Å². The van der Waals surface area contributed by atoms with E-state index in [0.717, 1.165) is 84.2 Å². The lowest BCUT2D eigenvalue weighted by atomic mass is 9.67. The molecule has 0 amide bonds. The van der Waals surface area contributed by atoms with E-state index in [0.29, 0.717) is 47.8 Å². The van der Waals surface area contributed by atoms with Crippen LogP contribution in [0, 0.1) is 23.7 Å². The molecule has 5 rings (SSSR count). The lowest BCUT2D eigenvalue weighted by molar-refractivity contribution is -0.145. The summed E-state index contributed by atoms with van der Waals surface area (Å²) >= 11 is 6.43. The zero-order valence-electron chi connectivity index (χ0n) is 26.8. The molecule has 3 heterocycles. The second kappa shape index (κ2) is 13.6. The molecule has 3 saturated heterocycles. The normalized spacial score (nSPS) is 41.9. The van der Waals surface area contributed by atoms with Gasteiger partial charge in [-0.25, -0.2) is 0 Å².